The maximum Gasteiger partial charge on any atom is 0.285 e. The van der Waals surface area contributed by atoms with E-state index in [2.05, 4.69) is 5.10 Å². The Hall–Kier alpha value is -2.66. The van der Waals surface area contributed by atoms with Gasteiger partial charge in [0.2, 0.25) is 0 Å². The van der Waals surface area contributed by atoms with Gasteiger partial charge in [0.05, 0.1) is 10.6 Å². The van der Waals surface area contributed by atoms with Gasteiger partial charge in [-0.25, -0.2) is 0 Å². The summed E-state index contributed by atoms with van der Waals surface area (Å²) in [6.45, 7) is 1.45. The molecule has 1 amide bonds. The van der Waals surface area contributed by atoms with Gasteiger partial charge >= 0.3 is 0 Å². The Labute approximate surface area is 138 Å². The third kappa shape index (κ3) is 3.40. The maximum atomic E-state index is 12.7. The number of Topliss-reactive ketones (excluding diaryl/α,β-unsaturated/α-hetero) is 1. The summed E-state index contributed by atoms with van der Waals surface area (Å²) in [6, 6.07) is 18.6. The number of carbonyl (C=O) groups excluding carboxylic acids is 2. The van der Waals surface area contributed by atoms with Crippen molar-refractivity contribution in [2.24, 2.45) is 5.10 Å². The van der Waals surface area contributed by atoms with Crippen molar-refractivity contribution in [1.29, 1.82) is 0 Å². The fraction of sp³-hybridized carbons (Fsp3) is 0.0556. The minimum Gasteiger partial charge on any atom is -0.292 e. The first-order valence-corrected chi connectivity index (χ1v) is 7.90. The zero-order chi connectivity index (χ0) is 16.2. The summed E-state index contributed by atoms with van der Waals surface area (Å²) in [5.74, 6) is -0.405. The molecule has 3 rings (SSSR count). The first-order chi connectivity index (χ1) is 11.1. The highest BCUT2D eigenvalue weighted by Crippen LogP contribution is 2.31. The highest BCUT2D eigenvalue weighted by Gasteiger charge is 2.29. The van der Waals surface area contributed by atoms with E-state index in [9.17, 15) is 9.59 Å². The fourth-order valence-corrected chi connectivity index (χ4v) is 2.93. The molecule has 0 aromatic heterocycles. The second-order valence-corrected chi connectivity index (χ2v) is 5.97. The van der Waals surface area contributed by atoms with Gasteiger partial charge in [-0.2, -0.15) is 10.1 Å². The summed E-state index contributed by atoms with van der Waals surface area (Å²) >= 11 is 1.11. The average Bonchev–Trinajstić information content (AvgIpc) is 2.58. The largest absolute Gasteiger partial charge is 0.292 e. The van der Waals surface area contributed by atoms with Gasteiger partial charge in [-0.15, -0.1) is 0 Å². The summed E-state index contributed by atoms with van der Waals surface area (Å²) in [5, 5.41) is 5.78. The van der Waals surface area contributed by atoms with E-state index in [1.165, 1.54) is 11.9 Å². The first-order valence-electron chi connectivity index (χ1n) is 7.09. The highest BCUT2D eigenvalue weighted by molar-refractivity contribution is 8.19. The van der Waals surface area contributed by atoms with Gasteiger partial charge in [0.25, 0.3) is 5.91 Å². The van der Waals surface area contributed by atoms with Gasteiger partial charge in [0.15, 0.2) is 10.8 Å². The van der Waals surface area contributed by atoms with Crippen molar-refractivity contribution in [3.8, 4) is 0 Å². The van der Waals surface area contributed by atoms with Crippen LogP contribution in [-0.4, -0.2) is 16.7 Å². The lowest BCUT2D eigenvalue weighted by atomic mass is 10.2. The Morgan fingerprint density at radius 2 is 1.65 bits per heavy atom. The predicted molar refractivity (Wildman–Crippen MR) is 94.1 cm³/mol. The predicted octanol–water partition coefficient (Wildman–Crippen LogP) is 3.71. The number of hydrogen-bond acceptors (Lipinski definition) is 4. The maximum absolute atomic E-state index is 12.7. The van der Waals surface area contributed by atoms with Crippen LogP contribution in [0.2, 0.25) is 0 Å². The highest BCUT2D eigenvalue weighted by atomic mass is 32.2. The molecule has 2 aromatic rings. The molecule has 0 N–H and O–H groups in total. The molecule has 0 atom stereocenters. The monoisotopic (exact) mass is 322 g/mol. The molecule has 23 heavy (non-hydrogen) atoms. The lowest BCUT2D eigenvalue weighted by molar-refractivity contribution is -0.114. The summed E-state index contributed by atoms with van der Waals surface area (Å²) in [7, 11) is 0. The van der Waals surface area contributed by atoms with Crippen LogP contribution in [0.3, 0.4) is 0 Å². The number of carbonyl (C=O) groups is 2. The Bertz CT molecular complexity index is 798. The molecule has 0 spiro atoms. The minimum absolute atomic E-state index is 0.164. The van der Waals surface area contributed by atoms with Crippen LogP contribution >= 0.6 is 11.8 Å². The molecule has 114 valence electrons. The van der Waals surface area contributed by atoms with E-state index in [0.717, 1.165) is 17.3 Å². The van der Waals surface area contributed by atoms with Crippen molar-refractivity contribution in [1.82, 2.24) is 0 Å². The Morgan fingerprint density at radius 3 is 2.26 bits per heavy atom. The van der Waals surface area contributed by atoms with Gasteiger partial charge < -0.3 is 0 Å². The molecule has 1 aliphatic rings. The number of hydrazone groups is 1. The lowest BCUT2D eigenvalue weighted by Crippen LogP contribution is -2.32. The van der Waals surface area contributed by atoms with Crippen molar-refractivity contribution in [2.75, 3.05) is 5.01 Å². The second kappa shape index (κ2) is 6.62. The molecule has 5 heteroatoms. The standard InChI is InChI=1S/C18H14N2O2S/c1-13(21)17-19-20(15-10-6-3-7-11-15)18(22)16(23-17)12-14-8-4-2-5-9-14/h2-12H,1H3. The molecule has 1 aliphatic heterocycles. The van der Waals surface area contributed by atoms with Gasteiger partial charge in [-0.1, -0.05) is 60.3 Å². The molecule has 2 aromatic carbocycles. The smallest absolute Gasteiger partial charge is 0.285 e. The van der Waals surface area contributed by atoms with Crippen molar-refractivity contribution in [3.63, 3.8) is 0 Å². The fourth-order valence-electron chi connectivity index (χ4n) is 2.09. The molecule has 0 bridgehead atoms. The lowest BCUT2D eigenvalue weighted by Gasteiger charge is -2.24. The van der Waals surface area contributed by atoms with Crippen LogP contribution in [0.25, 0.3) is 6.08 Å². The van der Waals surface area contributed by atoms with E-state index in [1.54, 1.807) is 18.2 Å². The van der Waals surface area contributed by atoms with E-state index in [-0.39, 0.29) is 11.7 Å². The molecule has 1 heterocycles. The molecule has 0 fully saturated rings. The Balaban J connectivity index is 2.04. The van der Waals surface area contributed by atoms with Crippen LogP contribution < -0.4 is 5.01 Å². The molecule has 0 saturated heterocycles. The van der Waals surface area contributed by atoms with Crippen LogP contribution in [-0.2, 0) is 9.59 Å². The summed E-state index contributed by atoms with van der Waals surface area (Å²) < 4.78 is 0. The quantitative estimate of drug-likeness (QED) is 0.809. The van der Waals surface area contributed by atoms with Gasteiger partial charge in [-0.3, -0.25) is 9.59 Å². The average molecular weight is 322 g/mol. The third-order valence-electron chi connectivity index (χ3n) is 3.20. The number of benzene rings is 2. The van der Waals surface area contributed by atoms with E-state index in [1.807, 2.05) is 48.5 Å². The third-order valence-corrected chi connectivity index (χ3v) is 4.27. The van der Waals surface area contributed by atoms with Gasteiger partial charge in [0, 0.05) is 6.92 Å². The number of hydrogen-bond donors (Lipinski definition) is 0. The molecular weight excluding hydrogens is 308 g/mol. The van der Waals surface area contributed by atoms with E-state index < -0.39 is 0 Å². The van der Waals surface area contributed by atoms with E-state index in [4.69, 9.17) is 0 Å². The molecule has 0 unspecified atom stereocenters. The van der Waals surface area contributed by atoms with Crippen molar-refractivity contribution < 1.29 is 9.59 Å². The summed E-state index contributed by atoms with van der Waals surface area (Å²) in [6.07, 6.45) is 1.78. The topological polar surface area (TPSA) is 49.7 Å². The number of nitrogens with zero attached hydrogens (tertiary/aromatic N) is 2. The summed E-state index contributed by atoms with van der Waals surface area (Å²) in [5.41, 5.74) is 1.54. The Kier molecular flexibility index (Phi) is 4.39. The molecule has 0 radical (unpaired) electrons. The van der Waals surface area contributed by atoms with Crippen molar-refractivity contribution in [3.05, 3.63) is 71.1 Å². The normalized spacial score (nSPS) is 16.4. The van der Waals surface area contributed by atoms with Crippen LogP contribution in [0, 0.1) is 0 Å². The molecular formula is C18H14N2O2S. The van der Waals surface area contributed by atoms with Crippen LogP contribution in [0.5, 0.6) is 0 Å². The summed E-state index contributed by atoms with van der Waals surface area (Å²) in [4.78, 5) is 25.0. The Morgan fingerprint density at radius 1 is 1.04 bits per heavy atom. The van der Waals surface area contributed by atoms with Crippen LogP contribution in [0.15, 0.2) is 70.7 Å². The SMILES string of the molecule is CC(=O)C1=NN(c2ccccc2)C(=O)C(=Cc2ccccc2)S1. The number of amides is 1. The van der Waals surface area contributed by atoms with Gasteiger partial charge in [-0.05, 0) is 23.8 Å². The number of anilines is 1. The first kappa shape index (κ1) is 15.2. The number of para-hydroxylation sites is 1. The van der Waals surface area contributed by atoms with Crippen LogP contribution in [0.1, 0.15) is 12.5 Å². The minimum atomic E-state index is -0.241. The zero-order valence-electron chi connectivity index (χ0n) is 12.5. The number of rotatable bonds is 3. The van der Waals surface area contributed by atoms with Gasteiger partial charge in [0.1, 0.15) is 0 Å². The molecule has 0 saturated carbocycles. The van der Waals surface area contributed by atoms with E-state index in [0.29, 0.717) is 15.6 Å². The zero-order valence-corrected chi connectivity index (χ0v) is 13.3. The van der Waals surface area contributed by atoms with Crippen molar-refractivity contribution in [2.45, 2.75) is 6.92 Å². The number of thioether (sulfide) groups is 1. The van der Waals surface area contributed by atoms with Crippen molar-refractivity contribution >= 4 is 40.3 Å². The molecule has 4 nitrogen and oxygen atoms in total. The van der Waals surface area contributed by atoms with Crippen LogP contribution in [0.4, 0.5) is 5.69 Å². The molecule has 0 aliphatic carbocycles. The van der Waals surface area contributed by atoms with E-state index >= 15 is 0 Å². The number of ketones is 1. The second-order valence-electron chi connectivity index (χ2n) is 4.94.